The minimum Gasteiger partial charge on any atom is -0.457 e. The average Bonchev–Trinajstić information content (AvgIpc) is 2.40. The highest BCUT2D eigenvalue weighted by Gasteiger charge is 2.11. The number of nitro groups is 1. The lowest BCUT2D eigenvalue weighted by Crippen LogP contribution is -1.94. The van der Waals surface area contributed by atoms with Crippen LogP contribution in [0.3, 0.4) is 0 Å². The van der Waals surface area contributed by atoms with Gasteiger partial charge in [0, 0.05) is 12.1 Å². The van der Waals surface area contributed by atoms with Gasteiger partial charge in [0.1, 0.15) is 11.5 Å². The average molecular weight is 308 g/mol. The molecule has 6 heteroatoms. The van der Waals surface area contributed by atoms with E-state index >= 15 is 0 Å². The second kappa shape index (κ2) is 6.11. The van der Waals surface area contributed by atoms with Crippen molar-refractivity contribution in [1.29, 1.82) is 0 Å². The standard InChI is InChI=1S/C15H14ClNO4/c1-9-7-11(17(19)20)3-6-15(9)21-12-4-5-13(10(2)18)14(16)8-12/h3-8,10,18H,1-2H3. The Kier molecular flexibility index (Phi) is 4.45. The van der Waals surface area contributed by atoms with Crippen LogP contribution in [0.2, 0.25) is 5.02 Å². The minimum atomic E-state index is -0.660. The maximum absolute atomic E-state index is 10.7. The van der Waals surface area contributed by atoms with Gasteiger partial charge < -0.3 is 9.84 Å². The Morgan fingerprint density at radius 3 is 2.52 bits per heavy atom. The van der Waals surface area contributed by atoms with Gasteiger partial charge in [-0.2, -0.15) is 0 Å². The highest BCUT2D eigenvalue weighted by atomic mass is 35.5. The van der Waals surface area contributed by atoms with Crippen molar-refractivity contribution in [3.05, 3.63) is 62.7 Å². The van der Waals surface area contributed by atoms with E-state index in [2.05, 4.69) is 0 Å². The number of halogens is 1. The summed E-state index contributed by atoms with van der Waals surface area (Å²) in [7, 11) is 0. The topological polar surface area (TPSA) is 72.6 Å². The zero-order valence-electron chi connectivity index (χ0n) is 11.5. The number of hydrogen-bond acceptors (Lipinski definition) is 4. The van der Waals surface area contributed by atoms with Crippen LogP contribution in [0, 0.1) is 17.0 Å². The van der Waals surface area contributed by atoms with Crippen LogP contribution in [0.5, 0.6) is 11.5 Å². The fourth-order valence-corrected chi connectivity index (χ4v) is 2.23. The smallest absolute Gasteiger partial charge is 0.269 e. The molecule has 0 radical (unpaired) electrons. The number of ether oxygens (including phenoxy) is 1. The van der Waals surface area contributed by atoms with Gasteiger partial charge in [-0.05, 0) is 43.2 Å². The normalized spacial score (nSPS) is 12.0. The van der Waals surface area contributed by atoms with Crippen molar-refractivity contribution in [2.45, 2.75) is 20.0 Å². The maximum atomic E-state index is 10.7. The molecule has 1 atom stereocenters. The second-order valence-corrected chi connectivity index (χ2v) is 5.08. The molecule has 110 valence electrons. The van der Waals surface area contributed by atoms with Crippen LogP contribution in [-0.2, 0) is 0 Å². The van der Waals surface area contributed by atoms with Crippen molar-refractivity contribution in [2.24, 2.45) is 0 Å². The van der Waals surface area contributed by atoms with E-state index in [-0.39, 0.29) is 5.69 Å². The van der Waals surface area contributed by atoms with Gasteiger partial charge in [-0.25, -0.2) is 0 Å². The van der Waals surface area contributed by atoms with Gasteiger partial charge in [0.2, 0.25) is 0 Å². The van der Waals surface area contributed by atoms with Crippen LogP contribution < -0.4 is 4.74 Å². The van der Waals surface area contributed by atoms with Crippen LogP contribution in [0.4, 0.5) is 5.69 Å². The molecule has 0 spiro atoms. The molecule has 0 saturated carbocycles. The second-order valence-electron chi connectivity index (χ2n) is 4.67. The molecule has 0 heterocycles. The Morgan fingerprint density at radius 1 is 1.29 bits per heavy atom. The van der Waals surface area contributed by atoms with Crippen molar-refractivity contribution in [2.75, 3.05) is 0 Å². The highest BCUT2D eigenvalue weighted by molar-refractivity contribution is 6.31. The summed E-state index contributed by atoms with van der Waals surface area (Å²) < 4.78 is 5.67. The number of rotatable bonds is 4. The number of nitrogens with zero attached hydrogens (tertiary/aromatic N) is 1. The number of aliphatic hydroxyl groups excluding tert-OH is 1. The summed E-state index contributed by atoms with van der Waals surface area (Å²) in [6, 6.07) is 9.35. The SMILES string of the molecule is Cc1cc([N+](=O)[O-])ccc1Oc1ccc(C(C)O)c(Cl)c1. The van der Waals surface area contributed by atoms with E-state index in [4.69, 9.17) is 16.3 Å². The third kappa shape index (κ3) is 3.51. The summed E-state index contributed by atoms with van der Waals surface area (Å²) in [5.74, 6) is 1.02. The summed E-state index contributed by atoms with van der Waals surface area (Å²) in [6.45, 7) is 3.36. The summed E-state index contributed by atoms with van der Waals surface area (Å²) >= 11 is 6.07. The summed E-state index contributed by atoms with van der Waals surface area (Å²) in [6.07, 6.45) is -0.660. The number of aliphatic hydroxyl groups is 1. The van der Waals surface area contributed by atoms with Crippen molar-refractivity contribution >= 4 is 17.3 Å². The molecule has 1 N–H and O–H groups in total. The van der Waals surface area contributed by atoms with Gasteiger partial charge in [0.25, 0.3) is 5.69 Å². The molecular formula is C15H14ClNO4. The zero-order valence-corrected chi connectivity index (χ0v) is 12.3. The summed E-state index contributed by atoms with van der Waals surface area (Å²) in [4.78, 5) is 10.2. The van der Waals surface area contributed by atoms with E-state index in [1.807, 2.05) is 0 Å². The van der Waals surface area contributed by atoms with E-state index in [0.717, 1.165) is 0 Å². The summed E-state index contributed by atoms with van der Waals surface area (Å²) in [5.41, 5.74) is 1.28. The van der Waals surface area contributed by atoms with Crippen molar-refractivity contribution in [3.63, 3.8) is 0 Å². The van der Waals surface area contributed by atoms with E-state index in [1.165, 1.54) is 12.1 Å². The molecule has 0 saturated heterocycles. The number of aryl methyl sites for hydroxylation is 1. The maximum Gasteiger partial charge on any atom is 0.269 e. The highest BCUT2D eigenvalue weighted by Crippen LogP contribution is 2.32. The molecule has 0 aliphatic rings. The monoisotopic (exact) mass is 307 g/mol. The van der Waals surface area contributed by atoms with Gasteiger partial charge in [0.05, 0.1) is 16.0 Å². The molecule has 1 unspecified atom stereocenters. The number of benzene rings is 2. The minimum absolute atomic E-state index is 0.0161. The molecule has 2 aromatic carbocycles. The Bertz CT molecular complexity index is 685. The van der Waals surface area contributed by atoms with Crippen LogP contribution >= 0.6 is 11.6 Å². The third-order valence-electron chi connectivity index (χ3n) is 3.02. The Balaban J connectivity index is 2.26. The largest absolute Gasteiger partial charge is 0.457 e. The molecule has 21 heavy (non-hydrogen) atoms. The lowest BCUT2D eigenvalue weighted by atomic mass is 10.1. The van der Waals surface area contributed by atoms with Crippen LogP contribution in [-0.4, -0.2) is 10.0 Å². The molecule has 0 aromatic heterocycles. The van der Waals surface area contributed by atoms with Crippen molar-refractivity contribution in [1.82, 2.24) is 0 Å². The first-order valence-corrected chi connectivity index (χ1v) is 6.66. The zero-order chi connectivity index (χ0) is 15.6. The van der Waals surface area contributed by atoms with Crippen molar-refractivity contribution < 1.29 is 14.8 Å². The van der Waals surface area contributed by atoms with Crippen LogP contribution in [0.25, 0.3) is 0 Å². The first kappa shape index (κ1) is 15.3. The quantitative estimate of drug-likeness (QED) is 0.671. The predicted molar refractivity (Wildman–Crippen MR) is 80.0 cm³/mol. The number of hydrogen-bond donors (Lipinski definition) is 1. The Morgan fingerprint density at radius 2 is 2.00 bits per heavy atom. The lowest BCUT2D eigenvalue weighted by Gasteiger charge is -2.11. The molecule has 0 aliphatic carbocycles. The molecule has 0 bridgehead atoms. The Labute approximate surface area is 126 Å². The molecular weight excluding hydrogens is 294 g/mol. The van der Waals surface area contributed by atoms with Crippen LogP contribution in [0.1, 0.15) is 24.2 Å². The fourth-order valence-electron chi connectivity index (χ4n) is 1.90. The van der Waals surface area contributed by atoms with E-state index in [0.29, 0.717) is 27.6 Å². The van der Waals surface area contributed by atoms with Crippen LogP contribution in [0.15, 0.2) is 36.4 Å². The van der Waals surface area contributed by atoms with Gasteiger partial charge >= 0.3 is 0 Å². The molecule has 0 amide bonds. The molecule has 0 fully saturated rings. The number of nitro benzene ring substituents is 1. The van der Waals surface area contributed by atoms with Crippen molar-refractivity contribution in [3.8, 4) is 11.5 Å². The molecule has 0 aliphatic heterocycles. The van der Waals surface area contributed by atoms with E-state index in [9.17, 15) is 15.2 Å². The van der Waals surface area contributed by atoms with E-state index in [1.54, 1.807) is 38.1 Å². The van der Waals surface area contributed by atoms with Gasteiger partial charge in [-0.3, -0.25) is 10.1 Å². The third-order valence-corrected chi connectivity index (χ3v) is 3.35. The van der Waals surface area contributed by atoms with Gasteiger partial charge in [0.15, 0.2) is 0 Å². The molecule has 2 aromatic rings. The lowest BCUT2D eigenvalue weighted by molar-refractivity contribution is -0.384. The van der Waals surface area contributed by atoms with Gasteiger partial charge in [-0.1, -0.05) is 17.7 Å². The number of non-ortho nitro benzene ring substituents is 1. The Hall–Kier alpha value is -2.11. The predicted octanol–water partition coefficient (Wildman–Crippen LogP) is 4.40. The fraction of sp³-hybridized carbons (Fsp3) is 0.200. The molecule has 2 rings (SSSR count). The molecule has 5 nitrogen and oxygen atoms in total. The first-order valence-electron chi connectivity index (χ1n) is 6.29. The first-order chi connectivity index (χ1) is 9.88. The summed E-state index contributed by atoms with van der Waals surface area (Å²) in [5, 5.41) is 20.6. The van der Waals surface area contributed by atoms with E-state index < -0.39 is 11.0 Å². The van der Waals surface area contributed by atoms with Gasteiger partial charge in [-0.15, -0.1) is 0 Å².